The molecule has 0 radical (unpaired) electrons. The van der Waals surface area contributed by atoms with Crippen LogP contribution in [0.5, 0.6) is 0 Å². The fourth-order valence-electron chi connectivity index (χ4n) is 1.77. The van der Waals surface area contributed by atoms with Crippen molar-refractivity contribution in [1.82, 2.24) is 5.32 Å². The predicted octanol–water partition coefficient (Wildman–Crippen LogP) is 3.80. The third-order valence-electron chi connectivity index (χ3n) is 2.89. The van der Waals surface area contributed by atoms with E-state index in [1.165, 1.54) is 23.1 Å². The lowest BCUT2D eigenvalue weighted by atomic mass is 10.2. The molecule has 0 spiro atoms. The Bertz CT molecular complexity index is 685. The second-order valence-electron chi connectivity index (χ2n) is 4.33. The Kier molecular flexibility index (Phi) is 4.93. The van der Waals surface area contributed by atoms with Crippen LogP contribution in [-0.2, 0) is 13.0 Å². The molecule has 0 unspecified atom stereocenters. The molecule has 0 aliphatic rings. The van der Waals surface area contributed by atoms with Gasteiger partial charge in [-0.05, 0) is 30.7 Å². The van der Waals surface area contributed by atoms with Crippen molar-refractivity contribution in [2.45, 2.75) is 19.9 Å². The van der Waals surface area contributed by atoms with Crippen LogP contribution < -0.4 is 5.32 Å². The average molecular weight is 325 g/mol. The molecule has 0 saturated heterocycles. The summed E-state index contributed by atoms with van der Waals surface area (Å²) in [5.41, 5.74) is -0.0490. The second kappa shape index (κ2) is 6.69. The first-order valence-corrected chi connectivity index (χ1v) is 7.50. The van der Waals surface area contributed by atoms with E-state index >= 15 is 0 Å². The topological polar surface area (TPSA) is 72.2 Å². The Hall–Kier alpha value is -1.92. The molecule has 21 heavy (non-hydrogen) atoms. The average Bonchev–Trinajstić information content (AvgIpc) is 2.93. The van der Waals surface area contributed by atoms with Crippen LogP contribution in [-0.4, -0.2) is 10.8 Å². The maximum atomic E-state index is 12.0. The normalized spacial score (nSPS) is 10.4. The van der Waals surface area contributed by atoms with Gasteiger partial charge in [-0.1, -0.05) is 18.5 Å². The number of carbonyl (C=O) groups excluding carboxylic acids is 1. The first-order chi connectivity index (χ1) is 10.0. The molecule has 0 aliphatic heterocycles. The van der Waals surface area contributed by atoms with Gasteiger partial charge in [-0.25, -0.2) is 0 Å². The Morgan fingerprint density at radius 1 is 1.33 bits per heavy atom. The number of nitro benzene ring substituents is 1. The summed E-state index contributed by atoms with van der Waals surface area (Å²) in [6.07, 6.45) is 0.960. The van der Waals surface area contributed by atoms with Gasteiger partial charge < -0.3 is 5.32 Å². The summed E-state index contributed by atoms with van der Waals surface area (Å²) < 4.78 is 0. The SMILES string of the molecule is CCc1ccc(CNC(=O)c2ccc(Cl)c([N+](=O)[O-])c2)s1. The van der Waals surface area contributed by atoms with Gasteiger partial charge in [-0.3, -0.25) is 14.9 Å². The molecule has 5 nitrogen and oxygen atoms in total. The van der Waals surface area contributed by atoms with Gasteiger partial charge in [0.15, 0.2) is 0 Å². The minimum Gasteiger partial charge on any atom is -0.347 e. The summed E-state index contributed by atoms with van der Waals surface area (Å²) in [4.78, 5) is 24.5. The largest absolute Gasteiger partial charge is 0.347 e. The number of hydrogen-bond donors (Lipinski definition) is 1. The summed E-state index contributed by atoms with van der Waals surface area (Å²) in [6, 6.07) is 8.00. The molecule has 1 aromatic heterocycles. The number of halogens is 1. The Labute approximate surface area is 130 Å². The molecule has 0 aliphatic carbocycles. The first kappa shape index (κ1) is 15.5. The van der Waals surface area contributed by atoms with Crippen LogP contribution in [0.25, 0.3) is 0 Å². The van der Waals surface area contributed by atoms with E-state index in [1.54, 1.807) is 11.3 Å². The number of thiophene rings is 1. The fourth-order valence-corrected chi connectivity index (χ4v) is 2.85. The zero-order valence-corrected chi connectivity index (χ0v) is 12.8. The van der Waals surface area contributed by atoms with Gasteiger partial charge in [0.1, 0.15) is 5.02 Å². The maximum Gasteiger partial charge on any atom is 0.288 e. The van der Waals surface area contributed by atoms with Gasteiger partial charge in [-0.2, -0.15) is 0 Å². The zero-order valence-electron chi connectivity index (χ0n) is 11.3. The number of benzene rings is 1. The molecule has 1 N–H and O–H groups in total. The lowest BCUT2D eigenvalue weighted by molar-refractivity contribution is -0.384. The monoisotopic (exact) mass is 324 g/mol. The van der Waals surface area contributed by atoms with Crippen molar-refractivity contribution in [2.75, 3.05) is 0 Å². The zero-order chi connectivity index (χ0) is 15.4. The first-order valence-electron chi connectivity index (χ1n) is 6.31. The molecule has 0 bridgehead atoms. The number of carbonyl (C=O) groups is 1. The van der Waals surface area contributed by atoms with Crippen molar-refractivity contribution in [2.24, 2.45) is 0 Å². The van der Waals surface area contributed by atoms with Gasteiger partial charge in [0, 0.05) is 21.4 Å². The van der Waals surface area contributed by atoms with Gasteiger partial charge in [0.25, 0.3) is 11.6 Å². The minimum atomic E-state index is -0.605. The van der Waals surface area contributed by atoms with Crippen molar-refractivity contribution >= 4 is 34.5 Å². The molecule has 2 rings (SSSR count). The van der Waals surface area contributed by atoms with Crippen molar-refractivity contribution in [3.05, 3.63) is 60.8 Å². The summed E-state index contributed by atoms with van der Waals surface area (Å²) in [5.74, 6) is -0.360. The summed E-state index contributed by atoms with van der Waals surface area (Å²) in [6.45, 7) is 2.47. The summed E-state index contributed by atoms with van der Waals surface area (Å²) in [5, 5.41) is 13.6. The Morgan fingerprint density at radius 3 is 2.67 bits per heavy atom. The highest BCUT2D eigenvalue weighted by molar-refractivity contribution is 7.11. The predicted molar refractivity (Wildman–Crippen MR) is 83.0 cm³/mol. The summed E-state index contributed by atoms with van der Waals surface area (Å²) >= 11 is 7.35. The number of amides is 1. The lowest BCUT2D eigenvalue weighted by Crippen LogP contribution is -2.22. The third kappa shape index (κ3) is 3.80. The van der Waals surface area contributed by atoms with Crippen molar-refractivity contribution < 1.29 is 9.72 Å². The van der Waals surface area contributed by atoms with Crippen molar-refractivity contribution in [1.29, 1.82) is 0 Å². The minimum absolute atomic E-state index is 0.0161. The van der Waals surface area contributed by atoms with E-state index in [0.29, 0.717) is 6.54 Å². The fraction of sp³-hybridized carbons (Fsp3) is 0.214. The summed E-state index contributed by atoms with van der Waals surface area (Å²) in [7, 11) is 0. The number of aryl methyl sites for hydroxylation is 1. The van der Waals surface area contributed by atoms with Gasteiger partial charge in [-0.15, -0.1) is 11.3 Å². The van der Waals surface area contributed by atoms with E-state index < -0.39 is 4.92 Å². The molecule has 1 heterocycles. The smallest absolute Gasteiger partial charge is 0.288 e. The Balaban J connectivity index is 2.06. The molecule has 2 aromatic rings. The van der Waals surface area contributed by atoms with Crippen molar-refractivity contribution in [3.8, 4) is 0 Å². The van der Waals surface area contributed by atoms with Gasteiger partial charge >= 0.3 is 0 Å². The van der Waals surface area contributed by atoms with Crippen LogP contribution in [0.4, 0.5) is 5.69 Å². The van der Waals surface area contributed by atoms with Crippen LogP contribution in [0.15, 0.2) is 30.3 Å². The van der Waals surface area contributed by atoms with Crippen LogP contribution in [0.1, 0.15) is 27.0 Å². The quantitative estimate of drug-likeness (QED) is 0.671. The molecule has 7 heteroatoms. The van der Waals surface area contributed by atoms with Crippen LogP contribution in [0.2, 0.25) is 5.02 Å². The molecular weight excluding hydrogens is 312 g/mol. The number of hydrogen-bond acceptors (Lipinski definition) is 4. The molecule has 110 valence electrons. The highest BCUT2D eigenvalue weighted by Gasteiger charge is 2.16. The number of rotatable bonds is 5. The van der Waals surface area contributed by atoms with E-state index in [1.807, 2.05) is 12.1 Å². The van der Waals surface area contributed by atoms with Crippen LogP contribution in [0, 0.1) is 10.1 Å². The van der Waals surface area contributed by atoms with E-state index in [0.717, 1.165) is 11.3 Å². The third-order valence-corrected chi connectivity index (χ3v) is 4.44. The Morgan fingerprint density at radius 2 is 2.05 bits per heavy atom. The lowest BCUT2D eigenvalue weighted by Gasteiger charge is -2.04. The maximum absolute atomic E-state index is 12.0. The van der Waals surface area contributed by atoms with Crippen LogP contribution >= 0.6 is 22.9 Å². The van der Waals surface area contributed by atoms with E-state index in [4.69, 9.17) is 11.6 Å². The highest BCUT2D eigenvalue weighted by Crippen LogP contribution is 2.25. The van der Waals surface area contributed by atoms with Crippen LogP contribution in [0.3, 0.4) is 0 Å². The van der Waals surface area contributed by atoms with E-state index in [-0.39, 0.29) is 22.2 Å². The highest BCUT2D eigenvalue weighted by atomic mass is 35.5. The number of nitrogens with one attached hydrogen (secondary N) is 1. The standard InChI is InChI=1S/C14H13ClN2O3S/c1-2-10-4-5-11(21-10)8-16-14(18)9-3-6-12(15)13(7-9)17(19)20/h3-7H,2,8H2,1H3,(H,16,18). The van der Waals surface area contributed by atoms with Gasteiger partial charge in [0.05, 0.1) is 11.5 Å². The molecule has 0 fully saturated rings. The van der Waals surface area contributed by atoms with E-state index in [9.17, 15) is 14.9 Å². The van der Waals surface area contributed by atoms with E-state index in [2.05, 4.69) is 12.2 Å². The number of nitro groups is 1. The number of nitrogens with zero attached hydrogens (tertiary/aromatic N) is 1. The molecule has 0 saturated carbocycles. The van der Waals surface area contributed by atoms with Gasteiger partial charge in [0.2, 0.25) is 0 Å². The molecule has 1 aromatic carbocycles. The van der Waals surface area contributed by atoms with Crippen molar-refractivity contribution in [3.63, 3.8) is 0 Å². The molecule has 0 atom stereocenters. The second-order valence-corrected chi connectivity index (χ2v) is 5.99. The molecule has 1 amide bonds. The molecular formula is C14H13ClN2O3S.